The number of hydrogen-bond acceptors (Lipinski definition) is 7. The Balaban J connectivity index is 1.90. The molecule has 0 saturated heterocycles. The second-order valence-electron chi connectivity index (χ2n) is 8.06. The fourth-order valence-electron chi connectivity index (χ4n) is 4.30. The van der Waals surface area contributed by atoms with Crippen LogP contribution in [0.15, 0.2) is 53.3 Å². The van der Waals surface area contributed by atoms with Gasteiger partial charge in [0.05, 0.1) is 48.0 Å². The summed E-state index contributed by atoms with van der Waals surface area (Å²) >= 11 is 14.6. The van der Waals surface area contributed by atoms with E-state index in [1.807, 2.05) is 30.3 Å². The monoisotopic (exact) mass is 554 g/mol. The first-order chi connectivity index (χ1) is 17.9. The first kappa shape index (κ1) is 25.1. The van der Waals surface area contributed by atoms with E-state index in [0.29, 0.717) is 55.0 Å². The van der Waals surface area contributed by atoms with Gasteiger partial charge in [0.1, 0.15) is 10.7 Å². The van der Waals surface area contributed by atoms with Gasteiger partial charge in [-0.15, -0.1) is 11.3 Å². The Bertz CT molecular complexity index is 1730. The van der Waals surface area contributed by atoms with Crippen molar-refractivity contribution in [3.05, 3.63) is 80.1 Å². The highest BCUT2D eigenvalue weighted by Crippen LogP contribution is 2.48. The molecule has 0 N–H and O–H groups in total. The predicted octanol–water partition coefficient (Wildman–Crippen LogP) is 6.47. The zero-order chi connectivity index (χ0) is 26.3. The van der Waals surface area contributed by atoms with Crippen LogP contribution in [-0.2, 0) is 6.54 Å². The summed E-state index contributed by atoms with van der Waals surface area (Å²) in [7, 11) is 4.46. The Morgan fingerprint density at radius 3 is 2.35 bits per heavy atom. The number of ether oxygens (including phenoxy) is 3. The Morgan fingerprint density at radius 2 is 1.70 bits per heavy atom. The van der Waals surface area contributed by atoms with E-state index in [0.717, 1.165) is 5.56 Å². The second-order valence-corrected chi connectivity index (χ2v) is 9.82. The molecule has 3 aromatic carbocycles. The number of aldehydes is 1. The molecule has 37 heavy (non-hydrogen) atoms. The van der Waals surface area contributed by atoms with Crippen LogP contribution >= 0.6 is 34.5 Å². The molecule has 0 aliphatic heterocycles. The molecule has 0 fully saturated rings. The van der Waals surface area contributed by atoms with Gasteiger partial charge in [-0.2, -0.15) is 0 Å². The molecule has 0 saturated carbocycles. The van der Waals surface area contributed by atoms with Gasteiger partial charge in [-0.25, -0.2) is 4.98 Å². The number of hydrogen-bond donors (Lipinski definition) is 0. The number of methoxy groups -OCH3 is 3. The van der Waals surface area contributed by atoms with Gasteiger partial charge in [0, 0.05) is 16.5 Å². The average molecular weight is 555 g/mol. The molecular weight excluding hydrogens is 535 g/mol. The fourth-order valence-corrected chi connectivity index (χ4v) is 6.04. The predicted molar refractivity (Wildman–Crippen MR) is 147 cm³/mol. The van der Waals surface area contributed by atoms with Crippen molar-refractivity contribution in [2.75, 3.05) is 21.3 Å². The average Bonchev–Trinajstić information content (AvgIpc) is 3.30. The molecule has 188 valence electrons. The summed E-state index contributed by atoms with van der Waals surface area (Å²) in [6.07, 6.45) is 0.689. The van der Waals surface area contributed by atoms with Crippen LogP contribution < -0.4 is 19.8 Å². The fraction of sp³-hybridized carbons (Fsp3) is 0.148. The number of benzene rings is 3. The standard InChI is InChI=1S/C27H20Cl2N2O5S/c1-34-18-11-17(21(29)23(36-3)22(18)35-2)25-30-26-19(16-10-9-15(13-32)20(28)24(16)37-26)27(33)31(25)12-14-7-5-4-6-8-14/h4-11,13H,12H2,1-3H3. The summed E-state index contributed by atoms with van der Waals surface area (Å²) in [5.74, 6) is 1.28. The van der Waals surface area contributed by atoms with Gasteiger partial charge in [-0.1, -0.05) is 59.6 Å². The van der Waals surface area contributed by atoms with Gasteiger partial charge in [0.2, 0.25) is 5.75 Å². The third-order valence-corrected chi connectivity index (χ3v) is 8.06. The van der Waals surface area contributed by atoms with Crippen LogP contribution in [0.4, 0.5) is 0 Å². The molecule has 0 aliphatic carbocycles. The van der Waals surface area contributed by atoms with E-state index in [9.17, 15) is 9.59 Å². The van der Waals surface area contributed by atoms with Crippen molar-refractivity contribution < 1.29 is 19.0 Å². The zero-order valence-corrected chi connectivity index (χ0v) is 22.3. The van der Waals surface area contributed by atoms with Gasteiger partial charge in [-0.05, 0) is 17.7 Å². The number of aromatic nitrogens is 2. The van der Waals surface area contributed by atoms with Crippen molar-refractivity contribution in [1.29, 1.82) is 0 Å². The van der Waals surface area contributed by atoms with Gasteiger partial charge < -0.3 is 14.2 Å². The largest absolute Gasteiger partial charge is 0.493 e. The van der Waals surface area contributed by atoms with Crippen molar-refractivity contribution in [2.45, 2.75) is 6.54 Å². The normalized spacial score (nSPS) is 11.2. The second kappa shape index (κ2) is 10.0. The number of carbonyl (C=O) groups is 1. The Labute approximate surface area is 225 Å². The van der Waals surface area contributed by atoms with Crippen LogP contribution in [-0.4, -0.2) is 37.2 Å². The van der Waals surface area contributed by atoms with E-state index in [1.54, 1.807) is 22.8 Å². The van der Waals surface area contributed by atoms with Gasteiger partial charge >= 0.3 is 0 Å². The number of fused-ring (bicyclic) bond motifs is 3. The maximum Gasteiger partial charge on any atom is 0.263 e. The first-order valence-corrected chi connectivity index (χ1v) is 12.6. The molecule has 0 spiro atoms. The Hall–Kier alpha value is -3.59. The lowest BCUT2D eigenvalue weighted by molar-refractivity contribution is 0.112. The molecule has 2 aromatic heterocycles. The summed E-state index contributed by atoms with van der Waals surface area (Å²) in [5, 5.41) is 1.56. The molecule has 0 amide bonds. The topological polar surface area (TPSA) is 79.7 Å². The van der Waals surface area contributed by atoms with Gasteiger partial charge in [0.25, 0.3) is 5.56 Å². The van der Waals surface area contributed by atoms with Crippen LogP contribution in [0.1, 0.15) is 15.9 Å². The number of nitrogens with zero attached hydrogens (tertiary/aromatic N) is 2. The Morgan fingerprint density at radius 1 is 0.973 bits per heavy atom. The molecule has 0 radical (unpaired) electrons. The van der Waals surface area contributed by atoms with Crippen molar-refractivity contribution in [3.63, 3.8) is 0 Å². The van der Waals surface area contributed by atoms with Crippen molar-refractivity contribution >= 4 is 61.1 Å². The third-order valence-electron chi connectivity index (χ3n) is 6.05. The van der Waals surface area contributed by atoms with Crippen molar-refractivity contribution in [1.82, 2.24) is 9.55 Å². The molecule has 0 unspecified atom stereocenters. The minimum Gasteiger partial charge on any atom is -0.493 e. The lowest BCUT2D eigenvalue weighted by Crippen LogP contribution is -2.24. The summed E-state index contributed by atoms with van der Waals surface area (Å²) in [6, 6.07) is 14.6. The smallest absolute Gasteiger partial charge is 0.263 e. The molecule has 5 aromatic rings. The molecule has 0 bridgehead atoms. The van der Waals surface area contributed by atoms with E-state index in [2.05, 4.69) is 0 Å². The maximum absolute atomic E-state index is 14.1. The SMILES string of the molecule is COc1cc(-c2nc3sc4c(Cl)c(C=O)ccc4c3c(=O)n2Cc2ccccc2)c(Cl)c(OC)c1OC. The van der Waals surface area contributed by atoms with Crippen LogP contribution in [0.5, 0.6) is 17.2 Å². The summed E-state index contributed by atoms with van der Waals surface area (Å²) in [5.41, 5.74) is 1.41. The molecular formula is C27H20Cl2N2O5S. The first-order valence-electron chi connectivity index (χ1n) is 11.1. The van der Waals surface area contributed by atoms with E-state index >= 15 is 0 Å². The number of rotatable bonds is 7. The summed E-state index contributed by atoms with van der Waals surface area (Å²) in [4.78, 5) is 30.9. The minimum atomic E-state index is -0.269. The minimum absolute atomic E-state index is 0.218. The summed E-state index contributed by atoms with van der Waals surface area (Å²) in [6.45, 7) is 0.239. The van der Waals surface area contributed by atoms with Crippen LogP contribution in [0, 0.1) is 0 Å². The molecule has 0 aliphatic rings. The third kappa shape index (κ3) is 4.11. The van der Waals surface area contributed by atoms with Crippen LogP contribution in [0.3, 0.4) is 0 Å². The highest BCUT2D eigenvalue weighted by atomic mass is 35.5. The molecule has 5 rings (SSSR count). The van der Waals surface area contributed by atoms with Crippen LogP contribution in [0.2, 0.25) is 10.0 Å². The summed E-state index contributed by atoms with van der Waals surface area (Å²) < 4.78 is 18.7. The van der Waals surface area contributed by atoms with E-state index in [4.69, 9.17) is 42.4 Å². The molecule has 0 atom stereocenters. The van der Waals surface area contributed by atoms with Crippen LogP contribution in [0.25, 0.3) is 31.7 Å². The Kier molecular flexibility index (Phi) is 6.81. The lowest BCUT2D eigenvalue weighted by Gasteiger charge is -2.18. The van der Waals surface area contributed by atoms with E-state index in [1.165, 1.54) is 32.7 Å². The van der Waals surface area contributed by atoms with Crippen molar-refractivity contribution in [2.24, 2.45) is 0 Å². The maximum atomic E-state index is 14.1. The number of thiophene rings is 1. The lowest BCUT2D eigenvalue weighted by atomic mass is 10.1. The zero-order valence-electron chi connectivity index (χ0n) is 20.0. The molecule has 2 heterocycles. The quantitative estimate of drug-likeness (QED) is 0.214. The van der Waals surface area contributed by atoms with Crippen molar-refractivity contribution in [3.8, 4) is 28.6 Å². The highest BCUT2D eigenvalue weighted by Gasteiger charge is 2.25. The molecule has 10 heteroatoms. The van der Waals surface area contributed by atoms with Gasteiger partial charge in [0.15, 0.2) is 17.8 Å². The molecule has 7 nitrogen and oxygen atoms in total. The van der Waals surface area contributed by atoms with E-state index in [-0.39, 0.29) is 27.9 Å². The van der Waals surface area contributed by atoms with E-state index < -0.39 is 0 Å². The highest BCUT2D eigenvalue weighted by molar-refractivity contribution is 7.26. The van der Waals surface area contributed by atoms with Gasteiger partial charge in [-0.3, -0.25) is 14.2 Å². The number of halogens is 2. The number of carbonyl (C=O) groups excluding carboxylic acids is 1.